The topological polar surface area (TPSA) is 95.6 Å². The Bertz CT molecular complexity index is 954. The van der Waals surface area contributed by atoms with Crippen LogP contribution in [-0.2, 0) is 15.1 Å². The Morgan fingerprint density at radius 1 is 1.03 bits per heavy atom. The maximum Gasteiger partial charge on any atom is 0.325 e. The number of nitrogens with zero attached hydrogens (tertiary/aromatic N) is 1. The van der Waals surface area contributed by atoms with Crippen molar-refractivity contribution in [1.82, 2.24) is 10.2 Å². The van der Waals surface area contributed by atoms with Gasteiger partial charge in [-0.15, -0.1) is 0 Å². The molecule has 7 nitrogen and oxygen atoms in total. The molecule has 2 aromatic rings. The molecule has 4 amide bonds. The first-order chi connectivity index (χ1) is 13.7. The second-order valence-electron chi connectivity index (χ2n) is 7.46. The highest BCUT2D eigenvalue weighted by atomic mass is 16.2. The number of carbonyl (C=O) groups is 4. The van der Waals surface area contributed by atoms with E-state index < -0.39 is 17.5 Å². The van der Waals surface area contributed by atoms with Crippen LogP contribution in [0, 0.1) is 5.92 Å². The zero-order chi connectivity index (χ0) is 21.2. The molecule has 1 saturated heterocycles. The first-order valence-electron chi connectivity index (χ1n) is 9.36. The minimum absolute atomic E-state index is 0.122. The normalized spacial score (nSPS) is 18.7. The summed E-state index contributed by atoms with van der Waals surface area (Å²) in [4.78, 5) is 50.6. The molecule has 1 heterocycles. The molecule has 1 aliphatic rings. The number of urea groups is 1. The molecule has 2 aromatic carbocycles. The lowest BCUT2D eigenvalue weighted by Crippen LogP contribution is -2.41. The first-order valence-corrected chi connectivity index (χ1v) is 9.36. The van der Waals surface area contributed by atoms with E-state index >= 15 is 0 Å². The molecule has 1 aliphatic heterocycles. The van der Waals surface area contributed by atoms with Gasteiger partial charge in [-0.1, -0.05) is 44.2 Å². The van der Waals surface area contributed by atoms with Crippen molar-refractivity contribution < 1.29 is 19.2 Å². The Kier molecular flexibility index (Phi) is 5.50. The summed E-state index contributed by atoms with van der Waals surface area (Å²) < 4.78 is 0. The molecular formula is C22H23N3O4. The van der Waals surface area contributed by atoms with Gasteiger partial charge in [0.05, 0.1) is 6.54 Å². The second-order valence-corrected chi connectivity index (χ2v) is 7.46. The molecule has 3 rings (SSSR count). The van der Waals surface area contributed by atoms with Gasteiger partial charge >= 0.3 is 6.03 Å². The third-order valence-electron chi connectivity index (χ3n) is 4.93. The lowest BCUT2D eigenvalue weighted by molar-refractivity contribution is -0.130. The van der Waals surface area contributed by atoms with Crippen molar-refractivity contribution in [3.05, 3.63) is 65.7 Å². The van der Waals surface area contributed by atoms with E-state index in [1.807, 2.05) is 6.07 Å². The van der Waals surface area contributed by atoms with Crippen molar-refractivity contribution in [1.29, 1.82) is 0 Å². The predicted molar refractivity (Wildman–Crippen MR) is 108 cm³/mol. The Morgan fingerprint density at radius 2 is 1.66 bits per heavy atom. The SMILES string of the molecule is CC(C)C(=O)Nc1ccc(C(=O)CN2C(=O)N[C@](C)(c3ccccc3)C2=O)cc1. The molecule has 1 fully saturated rings. The number of imide groups is 1. The monoisotopic (exact) mass is 393 g/mol. The number of anilines is 1. The van der Waals surface area contributed by atoms with Crippen molar-refractivity contribution in [2.75, 3.05) is 11.9 Å². The molecule has 2 N–H and O–H groups in total. The van der Waals surface area contributed by atoms with E-state index in [0.29, 0.717) is 16.8 Å². The standard InChI is InChI=1S/C22H23N3O4/c1-14(2)19(27)23-17-11-9-15(10-12-17)18(26)13-25-20(28)22(3,24-21(25)29)16-7-5-4-6-8-16/h4-12,14H,13H2,1-3H3,(H,23,27)(H,24,29)/t22-/m1/s1. The number of Topliss-reactive ketones (excluding diaryl/α,β-unsaturated/α-hetero) is 1. The van der Waals surface area contributed by atoms with Gasteiger partial charge < -0.3 is 10.6 Å². The van der Waals surface area contributed by atoms with E-state index in [9.17, 15) is 19.2 Å². The van der Waals surface area contributed by atoms with Crippen LogP contribution in [-0.4, -0.2) is 35.1 Å². The fourth-order valence-corrected chi connectivity index (χ4v) is 3.07. The number of amides is 4. The summed E-state index contributed by atoms with van der Waals surface area (Å²) in [5.41, 5.74) is 0.371. The van der Waals surface area contributed by atoms with Crippen LogP contribution in [0.25, 0.3) is 0 Å². The number of hydrogen-bond donors (Lipinski definition) is 2. The number of nitrogens with one attached hydrogen (secondary N) is 2. The van der Waals surface area contributed by atoms with Crippen molar-refractivity contribution in [2.45, 2.75) is 26.3 Å². The predicted octanol–water partition coefficient (Wildman–Crippen LogP) is 2.93. The van der Waals surface area contributed by atoms with E-state index in [0.717, 1.165) is 4.90 Å². The third-order valence-corrected chi connectivity index (χ3v) is 4.93. The summed E-state index contributed by atoms with van der Waals surface area (Å²) in [7, 11) is 0. The van der Waals surface area contributed by atoms with Crippen LogP contribution in [0.4, 0.5) is 10.5 Å². The Balaban J connectivity index is 1.71. The van der Waals surface area contributed by atoms with Gasteiger partial charge in [-0.2, -0.15) is 0 Å². The number of rotatable bonds is 6. The minimum Gasteiger partial charge on any atom is -0.326 e. The minimum atomic E-state index is -1.20. The molecule has 29 heavy (non-hydrogen) atoms. The lowest BCUT2D eigenvalue weighted by atomic mass is 9.92. The van der Waals surface area contributed by atoms with E-state index in [1.165, 1.54) is 0 Å². The second kappa shape index (κ2) is 7.87. The molecule has 0 unspecified atom stereocenters. The van der Waals surface area contributed by atoms with E-state index in [-0.39, 0.29) is 24.2 Å². The van der Waals surface area contributed by atoms with Gasteiger partial charge in [0.2, 0.25) is 5.91 Å². The van der Waals surface area contributed by atoms with E-state index in [1.54, 1.807) is 69.3 Å². The van der Waals surface area contributed by atoms with Gasteiger partial charge in [0.1, 0.15) is 5.54 Å². The number of benzene rings is 2. The summed E-state index contributed by atoms with van der Waals surface area (Å²) in [6.45, 7) is 4.84. The van der Waals surface area contributed by atoms with Crippen molar-refractivity contribution >= 4 is 29.3 Å². The summed E-state index contributed by atoms with van der Waals surface area (Å²) in [6.07, 6.45) is 0. The van der Waals surface area contributed by atoms with Gasteiger partial charge in [0, 0.05) is 17.2 Å². The summed E-state index contributed by atoms with van der Waals surface area (Å²) >= 11 is 0. The molecule has 0 spiro atoms. The fraction of sp³-hybridized carbons (Fsp3) is 0.273. The molecule has 0 aliphatic carbocycles. The number of carbonyl (C=O) groups excluding carboxylic acids is 4. The smallest absolute Gasteiger partial charge is 0.325 e. The van der Waals surface area contributed by atoms with E-state index in [4.69, 9.17) is 0 Å². The van der Waals surface area contributed by atoms with E-state index in [2.05, 4.69) is 10.6 Å². The van der Waals surface area contributed by atoms with Gasteiger partial charge in [-0.3, -0.25) is 19.3 Å². The lowest BCUT2D eigenvalue weighted by Gasteiger charge is -2.22. The summed E-state index contributed by atoms with van der Waals surface area (Å²) in [6, 6.07) is 14.7. The van der Waals surface area contributed by atoms with Crippen LogP contribution >= 0.6 is 0 Å². The van der Waals surface area contributed by atoms with Crippen molar-refractivity contribution in [3.8, 4) is 0 Å². The summed E-state index contributed by atoms with van der Waals surface area (Å²) in [5, 5.41) is 5.43. The quantitative estimate of drug-likeness (QED) is 0.583. The molecule has 0 radical (unpaired) electrons. The Hall–Kier alpha value is -3.48. The fourth-order valence-electron chi connectivity index (χ4n) is 3.07. The maximum atomic E-state index is 12.9. The van der Waals surface area contributed by atoms with Gasteiger partial charge in [-0.25, -0.2) is 4.79 Å². The maximum absolute atomic E-state index is 12.9. The van der Waals surface area contributed by atoms with Gasteiger partial charge in [0.15, 0.2) is 5.78 Å². The molecule has 0 saturated carbocycles. The number of hydrogen-bond acceptors (Lipinski definition) is 4. The first kappa shape index (κ1) is 20.3. The average molecular weight is 393 g/mol. The molecule has 0 aromatic heterocycles. The highest BCUT2D eigenvalue weighted by Gasteiger charge is 2.49. The molecule has 7 heteroatoms. The van der Waals surface area contributed by atoms with Crippen LogP contribution in [0.15, 0.2) is 54.6 Å². The van der Waals surface area contributed by atoms with Crippen LogP contribution in [0.5, 0.6) is 0 Å². The zero-order valence-electron chi connectivity index (χ0n) is 16.6. The van der Waals surface area contributed by atoms with Crippen LogP contribution in [0.2, 0.25) is 0 Å². The highest BCUT2D eigenvalue weighted by Crippen LogP contribution is 2.28. The van der Waals surface area contributed by atoms with Crippen molar-refractivity contribution in [2.24, 2.45) is 5.92 Å². The largest absolute Gasteiger partial charge is 0.326 e. The van der Waals surface area contributed by atoms with Crippen LogP contribution in [0.1, 0.15) is 36.7 Å². The molecule has 150 valence electrons. The number of ketones is 1. The highest BCUT2D eigenvalue weighted by molar-refractivity contribution is 6.11. The third kappa shape index (κ3) is 4.03. The van der Waals surface area contributed by atoms with Crippen molar-refractivity contribution in [3.63, 3.8) is 0 Å². The molecule has 0 bridgehead atoms. The average Bonchev–Trinajstić information content (AvgIpc) is 2.93. The van der Waals surface area contributed by atoms with Crippen LogP contribution < -0.4 is 10.6 Å². The zero-order valence-corrected chi connectivity index (χ0v) is 16.6. The van der Waals surface area contributed by atoms with Gasteiger partial charge in [0.25, 0.3) is 5.91 Å². The molecular weight excluding hydrogens is 370 g/mol. The Labute approximate surface area is 169 Å². The van der Waals surface area contributed by atoms with Crippen LogP contribution in [0.3, 0.4) is 0 Å². The van der Waals surface area contributed by atoms with Gasteiger partial charge in [-0.05, 0) is 36.8 Å². The molecule has 1 atom stereocenters. The summed E-state index contributed by atoms with van der Waals surface area (Å²) in [5.74, 6) is -1.12. The Morgan fingerprint density at radius 3 is 2.24 bits per heavy atom.